The lowest BCUT2D eigenvalue weighted by Crippen LogP contribution is -2.51. The Hall–Kier alpha value is -1.53. The number of ether oxygens (including phenoxy) is 1. The van der Waals surface area contributed by atoms with Gasteiger partial charge in [0.05, 0.1) is 24.1 Å². The molecule has 0 radical (unpaired) electrons. The third-order valence-electron chi connectivity index (χ3n) is 3.37. The second kappa shape index (κ2) is 5.88. The Morgan fingerprint density at radius 1 is 1.61 bits per heavy atom. The zero-order valence-corrected chi connectivity index (χ0v) is 10.5. The molecule has 2 unspecified atom stereocenters. The number of piperidine rings is 1. The van der Waals surface area contributed by atoms with Crippen molar-refractivity contribution in [3.63, 3.8) is 0 Å². The van der Waals surface area contributed by atoms with Gasteiger partial charge in [0.2, 0.25) is 0 Å². The fourth-order valence-electron chi connectivity index (χ4n) is 2.30. The highest BCUT2D eigenvalue weighted by molar-refractivity contribution is 5.94. The molecule has 6 nitrogen and oxygen atoms in total. The molecule has 1 aromatic heterocycles. The summed E-state index contributed by atoms with van der Waals surface area (Å²) in [6.45, 7) is 1.12. The van der Waals surface area contributed by atoms with E-state index in [1.54, 1.807) is 13.2 Å². The predicted octanol–water partition coefficient (Wildman–Crippen LogP) is 0.0549. The standard InChI is InChI=1S/C12H18N4O2/c1-18-11-3-5-16(10(6-11)7-13)12(17)9-2-4-14-15-8-9/h2,4,8,10-11H,3,5-7,13H2,1H3. The van der Waals surface area contributed by atoms with Crippen LogP contribution in [-0.2, 0) is 4.74 Å². The number of nitrogens with zero attached hydrogens (tertiary/aromatic N) is 3. The van der Waals surface area contributed by atoms with Gasteiger partial charge in [0.15, 0.2) is 0 Å². The summed E-state index contributed by atoms with van der Waals surface area (Å²) < 4.78 is 5.34. The number of hydrogen-bond acceptors (Lipinski definition) is 5. The molecule has 18 heavy (non-hydrogen) atoms. The summed E-state index contributed by atoms with van der Waals surface area (Å²) in [4.78, 5) is 14.1. The molecule has 2 N–H and O–H groups in total. The van der Waals surface area contributed by atoms with Crippen molar-refractivity contribution in [3.05, 3.63) is 24.0 Å². The number of amides is 1. The Labute approximate surface area is 106 Å². The number of methoxy groups -OCH3 is 1. The van der Waals surface area contributed by atoms with Gasteiger partial charge in [0.25, 0.3) is 5.91 Å². The van der Waals surface area contributed by atoms with Gasteiger partial charge in [-0.2, -0.15) is 10.2 Å². The summed E-state index contributed by atoms with van der Waals surface area (Å²) >= 11 is 0. The van der Waals surface area contributed by atoms with Crippen LogP contribution in [0.1, 0.15) is 23.2 Å². The maximum absolute atomic E-state index is 12.3. The van der Waals surface area contributed by atoms with Crippen molar-refractivity contribution in [1.29, 1.82) is 0 Å². The summed E-state index contributed by atoms with van der Waals surface area (Å²) in [5.41, 5.74) is 6.30. The second-order valence-corrected chi connectivity index (χ2v) is 4.40. The first-order valence-electron chi connectivity index (χ1n) is 6.06. The Morgan fingerprint density at radius 3 is 3.06 bits per heavy atom. The SMILES string of the molecule is COC1CCN(C(=O)c2ccnnc2)C(CN)C1. The van der Waals surface area contributed by atoms with Gasteiger partial charge in [-0.05, 0) is 18.9 Å². The second-order valence-electron chi connectivity index (χ2n) is 4.40. The lowest BCUT2D eigenvalue weighted by Gasteiger charge is -2.38. The quantitative estimate of drug-likeness (QED) is 0.820. The molecule has 0 saturated carbocycles. The molecule has 2 atom stereocenters. The zero-order chi connectivity index (χ0) is 13.0. The van der Waals surface area contributed by atoms with E-state index in [9.17, 15) is 4.79 Å². The fourth-order valence-corrected chi connectivity index (χ4v) is 2.30. The van der Waals surface area contributed by atoms with E-state index in [1.165, 1.54) is 12.4 Å². The van der Waals surface area contributed by atoms with Gasteiger partial charge in [-0.25, -0.2) is 0 Å². The summed E-state index contributed by atoms with van der Waals surface area (Å²) in [5.74, 6) is -0.0325. The summed E-state index contributed by atoms with van der Waals surface area (Å²) in [5, 5.41) is 7.40. The number of nitrogens with two attached hydrogens (primary N) is 1. The van der Waals surface area contributed by atoms with E-state index in [1.807, 2.05) is 4.90 Å². The third kappa shape index (κ3) is 2.65. The van der Waals surface area contributed by atoms with Gasteiger partial charge < -0.3 is 15.4 Å². The van der Waals surface area contributed by atoms with Crippen LogP contribution in [-0.4, -0.2) is 53.3 Å². The minimum atomic E-state index is -0.0325. The number of carbonyl (C=O) groups is 1. The molecule has 0 bridgehead atoms. The monoisotopic (exact) mass is 250 g/mol. The molecular formula is C12H18N4O2. The van der Waals surface area contributed by atoms with E-state index in [2.05, 4.69) is 10.2 Å². The van der Waals surface area contributed by atoms with E-state index in [-0.39, 0.29) is 18.1 Å². The van der Waals surface area contributed by atoms with Crippen molar-refractivity contribution in [1.82, 2.24) is 15.1 Å². The van der Waals surface area contributed by atoms with Crippen LogP contribution in [0.4, 0.5) is 0 Å². The average Bonchev–Trinajstić information content (AvgIpc) is 2.46. The average molecular weight is 250 g/mol. The van der Waals surface area contributed by atoms with Crippen molar-refractivity contribution >= 4 is 5.91 Å². The molecule has 98 valence electrons. The van der Waals surface area contributed by atoms with Crippen LogP contribution in [0, 0.1) is 0 Å². The molecule has 1 saturated heterocycles. The van der Waals surface area contributed by atoms with Crippen LogP contribution >= 0.6 is 0 Å². The normalized spacial score (nSPS) is 24.0. The molecular weight excluding hydrogens is 232 g/mol. The maximum Gasteiger partial charge on any atom is 0.255 e. The third-order valence-corrected chi connectivity index (χ3v) is 3.37. The molecule has 0 aromatic carbocycles. The van der Waals surface area contributed by atoms with E-state index < -0.39 is 0 Å². The molecule has 1 fully saturated rings. The van der Waals surface area contributed by atoms with Gasteiger partial charge >= 0.3 is 0 Å². The van der Waals surface area contributed by atoms with E-state index in [0.29, 0.717) is 18.7 Å². The van der Waals surface area contributed by atoms with E-state index in [4.69, 9.17) is 10.5 Å². The van der Waals surface area contributed by atoms with Crippen molar-refractivity contribution in [3.8, 4) is 0 Å². The van der Waals surface area contributed by atoms with Crippen LogP contribution in [0.3, 0.4) is 0 Å². The highest BCUT2D eigenvalue weighted by Gasteiger charge is 2.31. The van der Waals surface area contributed by atoms with Crippen LogP contribution in [0.25, 0.3) is 0 Å². The molecule has 0 aliphatic carbocycles. The molecule has 2 rings (SSSR count). The van der Waals surface area contributed by atoms with E-state index >= 15 is 0 Å². The van der Waals surface area contributed by atoms with Crippen molar-refractivity contribution < 1.29 is 9.53 Å². The number of likely N-dealkylation sites (tertiary alicyclic amines) is 1. The zero-order valence-electron chi connectivity index (χ0n) is 10.5. The lowest BCUT2D eigenvalue weighted by atomic mass is 9.98. The number of hydrogen-bond donors (Lipinski definition) is 1. The van der Waals surface area contributed by atoms with Gasteiger partial charge in [0, 0.05) is 26.2 Å². The molecule has 6 heteroatoms. The molecule has 2 heterocycles. The first-order valence-corrected chi connectivity index (χ1v) is 6.06. The summed E-state index contributed by atoms with van der Waals surface area (Å²) in [6, 6.07) is 1.70. The Balaban J connectivity index is 2.10. The first kappa shape index (κ1) is 12.9. The highest BCUT2D eigenvalue weighted by Crippen LogP contribution is 2.20. The molecule has 1 amide bonds. The van der Waals surface area contributed by atoms with Gasteiger partial charge in [-0.3, -0.25) is 4.79 Å². The Bertz CT molecular complexity index is 398. The van der Waals surface area contributed by atoms with Crippen LogP contribution in [0.2, 0.25) is 0 Å². The smallest absolute Gasteiger partial charge is 0.255 e. The topological polar surface area (TPSA) is 81.3 Å². The minimum Gasteiger partial charge on any atom is -0.381 e. The van der Waals surface area contributed by atoms with E-state index in [0.717, 1.165) is 12.8 Å². The van der Waals surface area contributed by atoms with Crippen molar-refractivity contribution in [2.45, 2.75) is 25.0 Å². The van der Waals surface area contributed by atoms with Gasteiger partial charge in [-0.1, -0.05) is 0 Å². The number of aromatic nitrogens is 2. The molecule has 1 aliphatic rings. The van der Waals surface area contributed by atoms with Crippen molar-refractivity contribution in [2.24, 2.45) is 5.73 Å². The van der Waals surface area contributed by atoms with Gasteiger partial charge in [0.1, 0.15) is 0 Å². The maximum atomic E-state index is 12.3. The molecule has 1 aromatic rings. The lowest BCUT2D eigenvalue weighted by molar-refractivity contribution is 0.0138. The predicted molar refractivity (Wildman–Crippen MR) is 65.9 cm³/mol. The van der Waals surface area contributed by atoms with Crippen LogP contribution in [0.5, 0.6) is 0 Å². The number of carbonyl (C=O) groups excluding carboxylic acids is 1. The fraction of sp³-hybridized carbons (Fsp3) is 0.583. The molecule has 0 spiro atoms. The Morgan fingerprint density at radius 2 is 2.44 bits per heavy atom. The first-order chi connectivity index (χ1) is 8.76. The van der Waals surface area contributed by atoms with Gasteiger partial charge in [-0.15, -0.1) is 0 Å². The highest BCUT2D eigenvalue weighted by atomic mass is 16.5. The summed E-state index contributed by atoms with van der Waals surface area (Å²) in [7, 11) is 1.70. The van der Waals surface area contributed by atoms with Crippen LogP contribution in [0.15, 0.2) is 18.5 Å². The van der Waals surface area contributed by atoms with Crippen LogP contribution < -0.4 is 5.73 Å². The minimum absolute atomic E-state index is 0.0318. The van der Waals surface area contributed by atoms with Crippen molar-refractivity contribution in [2.75, 3.05) is 20.2 Å². The largest absolute Gasteiger partial charge is 0.381 e. The Kier molecular flexibility index (Phi) is 4.22. The summed E-state index contributed by atoms with van der Waals surface area (Å²) in [6.07, 6.45) is 4.83. The molecule has 1 aliphatic heterocycles. The number of rotatable bonds is 3.